The lowest BCUT2D eigenvalue weighted by Crippen LogP contribution is -1.94. The van der Waals surface area contributed by atoms with Gasteiger partial charge < -0.3 is 0 Å². The molecule has 0 fully saturated rings. The van der Waals surface area contributed by atoms with Crippen LogP contribution in [0.15, 0.2) is 30.3 Å². The van der Waals surface area contributed by atoms with Gasteiger partial charge in [-0.15, -0.1) is 0 Å². The number of rotatable bonds is 1. The molecule has 0 aliphatic heterocycles. The summed E-state index contributed by atoms with van der Waals surface area (Å²) in [6.45, 7) is 8.34. The van der Waals surface area contributed by atoms with Gasteiger partial charge in [-0.1, -0.05) is 29.8 Å². The van der Waals surface area contributed by atoms with Gasteiger partial charge in [-0.05, 0) is 44.9 Å². The average Bonchev–Trinajstić information content (AvgIpc) is 2.25. The molecule has 0 aliphatic carbocycles. The van der Waals surface area contributed by atoms with Crippen molar-refractivity contribution < 1.29 is 0 Å². The molecule has 0 saturated carbocycles. The lowest BCUT2D eigenvalue weighted by molar-refractivity contribution is 1.09. The van der Waals surface area contributed by atoms with Gasteiger partial charge in [0.2, 0.25) is 0 Å². The summed E-state index contributed by atoms with van der Waals surface area (Å²) in [7, 11) is 0. The number of hydrogen-bond acceptors (Lipinski definition) is 1. The van der Waals surface area contributed by atoms with Crippen LogP contribution in [0.25, 0.3) is 11.1 Å². The first-order chi connectivity index (χ1) is 7.58. The van der Waals surface area contributed by atoms with Crippen molar-refractivity contribution in [2.24, 2.45) is 0 Å². The number of nitrogens with zero attached hydrogens (tertiary/aromatic N) is 1. The van der Waals surface area contributed by atoms with Crippen LogP contribution in [0.5, 0.6) is 0 Å². The Hall–Kier alpha value is -1.63. The van der Waals surface area contributed by atoms with Crippen LogP contribution in [0.1, 0.15) is 22.5 Å². The van der Waals surface area contributed by atoms with Crippen molar-refractivity contribution in [3.8, 4) is 11.1 Å². The minimum Gasteiger partial charge on any atom is -0.258 e. The molecule has 0 amide bonds. The molecule has 0 saturated heterocycles. The smallest absolute Gasteiger partial charge is 0.0454 e. The summed E-state index contributed by atoms with van der Waals surface area (Å²) in [6, 6.07) is 10.8. The van der Waals surface area contributed by atoms with E-state index in [0.29, 0.717) is 0 Å². The minimum atomic E-state index is 1.10. The highest BCUT2D eigenvalue weighted by Crippen LogP contribution is 2.24. The zero-order chi connectivity index (χ0) is 11.7. The first-order valence-electron chi connectivity index (χ1n) is 5.60. The first kappa shape index (κ1) is 10.9. The lowest BCUT2D eigenvalue weighted by Gasteiger charge is -2.09. The Morgan fingerprint density at radius 3 is 2.06 bits per heavy atom. The van der Waals surface area contributed by atoms with Gasteiger partial charge in [-0.3, -0.25) is 4.98 Å². The maximum absolute atomic E-state index is 4.57. The fraction of sp³-hybridized carbons (Fsp3) is 0.267. The Bertz CT molecular complexity index is 510. The molecule has 0 atom stereocenters. The largest absolute Gasteiger partial charge is 0.258 e. The molecule has 0 unspecified atom stereocenters. The molecule has 1 aromatic carbocycles. The van der Waals surface area contributed by atoms with Crippen molar-refractivity contribution >= 4 is 0 Å². The van der Waals surface area contributed by atoms with Crippen molar-refractivity contribution in [3.05, 3.63) is 52.8 Å². The quantitative estimate of drug-likeness (QED) is 0.695. The van der Waals surface area contributed by atoms with Crippen molar-refractivity contribution in [1.29, 1.82) is 0 Å². The van der Waals surface area contributed by atoms with E-state index in [4.69, 9.17) is 0 Å². The molecule has 1 heteroatoms. The summed E-state index contributed by atoms with van der Waals surface area (Å²) >= 11 is 0. The van der Waals surface area contributed by atoms with Crippen LogP contribution < -0.4 is 0 Å². The molecule has 1 heterocycles. The predicted molar refractivity (Wildman–Crippen MR) is 68.6 cm³/mol. The molecular weight excluding hydrogens is 194 g/mol. The summed E-state index contributed by atoms with van der Waals surface area (Å²) in [5.74, 6) is 0. The maximum atomic E-state index is 4.57. The third-order valence-corrected chi connectivity index (χ3v) is 3.02. The van der Waals surface area contributed by atoms with E-state index in [1.54, 1.807) is 0 Å². The Morgan fingerprint density at radius 2 is 1.44 bits per heavy atom. The van der Waals surface area contributed by atoms with Crippen LogP contribution in [-0.2, 0) is 0 Å². The third kappa shape index (κ3) is 1.99. The van der Waals surface area contributed by atoms with Crippen molar-refractivity contribution in [2.75, 3.05) is 0 Å². The molecule has 0 bridgehead atoms. The second-order valence-electron chi connectivity index (χ2n) is 4.39. The zero-order valence-electron chi connectivity index (χ0n) is 10.3. The van der Waals surface area contributed by atoms with Gasteiger partial charge >= 0.3 is 0 Å². The normalized spacial score (nSPS) is 10.5. The van der Waals surface area contributed by atoms with Crippen molar-refractivity contribution in [1.82, 2.24) is 4.98 Å². The number of aromatic nitrogens is 1. The van der Waals surface area contributed by atoms with E-state index in [1.165, 1.54) is 22.3 Å². The molecule has 2 rings (SSSR count). The monoisotopic (exact) mass is 211 g/mol. The number of pyridine rings is 1. The predicted octanol–water partition coefficient (Wildman–Crippen LogP) is 3.98. The SMILES string of the molecule is Cc1ccc(-c2cc(C)c(C)nc2C)cc1. The lowest BCUT2D eigenvalue weighted by atomic mass is 10.0. The minimum absolute atomic E-state index is 1.10. The molecule has 0 N–H and O–H groups in total. The molecule has 82 valence electrons. The molecular formula is C15H17N. The topological polar surface area (TPSA) is 12.9 Å². The maximum Gasteiger partial charge on any atom is 0.0454 e. The summed E-state index contributed by atoms with van der Waals surface area (Å²) in [5.41, 5.74) is 7.25. The highest BCUT2D eigenvalue weighted by molar-refractivity contribution is 5.66. The van der Waals surface area contributed by atoms with E-state index in [0.717, 1.165) is 11.4 Å². The van der Waals surface area contributed by atoms with Gasteiger partial charge in [-0.25, -0.2) is 0 Å². The third-order valence-electron chi connectivity index (χ3n) is 3.02. The van der Waals surface area contributed by atoms with E-state index in [9.17, 15) is 0 Å². The second-order valence-corrected chi connectivity index (χ2v) is 4.39. The van der Waals surface area contributed by atoms with E-state index in [1.807, 2.05) is 0 Å². The molecule has 0 aliphatic rings. The van der Waals surface area contributed by atoms with Crippen LogP contribution in [0.4, 0.5) is 0 Å². The van der Waals surface area contributed by atoms with E-state index in [-0.39, 0.29) is 0 Å². The molecule has 1 aromatic heterocycles. The molecule has 1 nitrogen and oxygen atoms in total. The number of hydrogen-bond donors (Lipinski definition) is 0. The van der Waals surface area contributed by atoms with Crippen molar-refractivity contribution in [2.45, 2.75) is 27.7 Å². The molecule has 0 radical (unpaired) electrons. The number of benzene rings is 1. The van der Waals surface area contributed by atoms with E-state index < -0.39 is 0 Å². The fourth-order valence-corrected chi connectivity index (χ4v) is 1.85. The Balaban J connectivity index is 2.56. The molecule has 16 heavy (non-hydrogen) atoms. The van der Waals surface area contributed by atoms with Gasteiger partial charge in [-0.2, -0.15) is 0 Å². The summed E-state index contributed by atoms with van der Waals surface area (Å²) in [4.78, 5) is 4.57. The summed E-state index contributed by atoms with van der Waals surface area (Å²) in [5, 5.41) is 0. The fourth-order valence-electron chi connectivity index (χ4n) is 1.85. The van der Waals surface area contributed by atoms with E-state index >= 15 is 0 Å². The van der Waals surface area contributed by atoms with E-state index in [2.05, 4.69) is 63.0 Å². The first-order valence-corrected chi connectivity index (χ1v) is 5.60. The van der Waals surface area contributed by atoms with Crippen LogP contribution in [0.2, 0.25) is 0 Å². The van der Waals surface area contributed by atoms with Gasteiger partial charge in [0.15, 0.2) is 0 Å². The number of aryl methyl sites for hydroxylation is 4. The average molecular weight is 211 g/mol. The van der Waals surface area contributed by atoms with Crippen LogP contribution in [0.3, 0.4) is 0 Å². The van der Waals surface area contributed by atoms with Gasteiger partial charge in [0.05, 0.1) is 0 Å². The Labute approximate surface area is 97.2 Å². The summed E-state index contributed by atoms with van der Waals surface area (Å²) < 4.78 is 0. The van der Waals surface area contributed by atoms with Gasteiger partial charge in [0, 0.05) is 17.0 Å². The van der Waals surface area contributed by atoms with Gasteiger partial charge in [0.1, 0.15) is 0 Å². The highest BCUT2D eigenvalue weighted by Gasteiger charge is 2.05. The van der Waals surface area contributed by atoms with Crippen LogP contribution in [0, 0.1) is 27.7 Å². The standard InChI is InChI=1S/C15H17N/c1-10-5-7-14(8-6-10)15-9-11(2)12(3)16-13(15)4/h5-9H,1-4H3. The Morgan fingerprint density at radius 1 is 0.812 bits per heavy atom. The highest BCUT2D eigenvalue weighted by atomic mass is 14.7. The molecule has 2 aromatic rings. The van der Waals surface area contributed by atoms with Crippen LogP contribution >= 0.6 is 0 Å². The van der Waals surface area contributed by atoms with Crippen LogP contribution in [-0.4, -0.2) is 4.98 Å². The summed E-state index contributed by atoms with van der Waals surface area (Å²) in [6.07, 6.45) is 0. The zero-order valence-corrected chi connectivity index (χ0v) is 10.3. The molecule has 0 spiro atoms. The van der Waals surface area contributed by atoms with Gasteiger partial charge in [0.25, 0.3) is 0 Å². The second kappa shape index (κ2) is 4.09. The van der Waals surface area contributed by atoms with Crippen molar-refractivity contribution in [3.63, 3.8) is 0 Å². The Kier molecular flexibility index (Phi) is 2.78.